The van der Waals surface area contributed by atoms with E-state index < -0.39 is 18.0 Å². The third-order valence-electron chi connectivity index (χ3n) is 2.13. The van der Waals surface area contributed by atoms with E-state index in [0.717, 1.165) is 6.08 Å². The van der Waals surface area contributed by atoms with Crippen LogP contribution in [0.25, 0.3) is 0 Å². The lowest BCUT2D eigenvalue weighted by atomic mass is 10.0. The molecule has 1 aromatic carbocycles. The maximum absolute atomic E-state index is 13.4. The number of alkyl halides is 2. The fourth-order valence-electron chi connectivity index (χ4n) is 1.42. The van der Waals surface area contributed by atoms with Crippen molar-refractivity contribution in [2.75, 3.05) is 0 Å². The molecule has 78 valence electrons. The predicted molar refractivity (Wildman–Crippen MR) is 49.4 cm³/mol. The Morgan fingerprint density at radius 3 is 2.53 bits per heavy atom. The van der Waals surface area contributed by atoms with Gasteiger partial charge in [-0.3, -0.25) is 0 Å². The number of benzene rings is 1. The molecular formula is C11H8F2O2. The second kappa shape index (κ2) is 3.46. The van der Waals surface area contributed by atoms with Gasteiger partial charge in [0.25, 0.3) is 0 Å². The van der Waals surface area contributed by atoms with Gasteiger partial charge in [0.2, 0.25) is 0 Å². The smallest absolute Gasteiger partial charge is 0.331 e. The Balaban J connectivity index is 2.37. The summed E-state index contributed by atoms with van der Waals surface area (Å²) in [5, 5.41) is 0. The Labute approximate surface area is 85.2 Å². The third-order valence-corrected chi connectivity index (χ3v) is 2.13. The van der Waals surface area contributed by atoms with E-state index in [1.54, 1.807) is 18.2 Å². The van der Waals surface area contributed by atoms with Gasteiger partial charge in [-0.15, -0.1) is 0 Å². The maximum atomic E-state index is 13.4. The maximum Gasteiger partial charge on any atom is 0.331 e. The highest BCUT2D eigenvalue weighted by Crippen LogP contribution is 2.38. The lowest BCUT2D eigenvalue weighted by molar-refractivity contribution is -0.165. The molecule has 1 aliphatic heterocycles. The topological polar surface area (TPSA) is 26.3 Å². The molecule has 4 heteroatoms. The zero-order valence-corrected chi connectivity index (χ0v) is 7.69. The Bertz CT molecular complexity index is 398. The van der Waals surface area contributed by atoms with Crippen molar-refractivity contribution in [3.05, 3.63) is 48.0 Å². The molecule has 0 aliphatic carbocycles. The van der Waals surface area contributed by atoms with E-state index in [-0.39, 0.29) is 0 Å². The molecule has 2 rings (SSSR count). The summed E-state index contributed by atoms with van der Waals surface area (Å²) in [6.07, 6.45) is -0.188. The summed E-state index contributed by atoms with van der Waals surface area (Å²) in [6.45, 7) is 0. The van der Waals surface area contributed by atoms with Crippen LogP contribution in [0.1, 0.15) is 11.7 Å². The summed E-state index contributed by atoms with van der Waals surface area (Å²) in [7, 11) is 0. The van der Waals surface area contributed by atoms with Gasteiger partial charge in [-0.25, -0.2) is 4.79 Å². The average molecular weight is 210 g/mol. The van der Waals surface area contributed by atoms with Crippen LogP contribution in [-0.2, 0) is 9.53 Å². The average Bonchev–Trinajstić information content (AvgIpc) is 2.23. The first-order chi connectivity index (χ1) is 7.09. The summed E-state index contributed by atoms with van der Waals surface area (Å²) in [6, 6.07) is 7.97. The van der Waals surface area contributed by atoms with Crippen LogP contribution in [0.2, 0.25) is 0 Å². The van der Waals surface area contributed by atoms with Crippen molar-refractivity contribution in [1.29, 1.82) is 0 Å². The van der Waals surface area contributed by atoms with Crippen LogP contribution >= 0.6 is 0 Å². The first kappa shape index (κ1) is 9.83. The summed E-state index contributed by atoms with van der Waals surface area (Å²) < 4.78 is 31.3. The lowest BCUT2D eigenvalue weighted by Crippen LogP contribution is -2.31. The monoisotopic (exact) mass is 210 g/mol. The fourth-order valence-corrected chi connectivity index (χ4v) is 1.42. The van der Waals surface area contributed by atoms with Gasteiger partial charge in [0, 0.05) is 6.08 Å². The van der Waals surface area contributed by atoms with Crippen LogP contribution in [0.15, 0.2) is 42.5 Å². The number of rotatable bonds is 1. The minimum Gasteiger partial charge on any atom is -0.447 e. The molecular weight excluding hydrogens is 202 g/mol. The van der Waals surface area contributed by atoms with Gasteiger partial charge in [0.1, 0.15) is 0 Å². The number of ether oxygens (including phenoxy) is 1. The van der Waals surface area contributed by atoms with E-state index in [1.165, 1.54) is 12.1 Å². The molecule has 1 aromatic rings. The zero-order chi connectivity index (χ0) is 10.9. The molecule has 0 spiro atoms. The second-order valence-electron chi connectivity index (χ2n) is 3.24. The Morgan fingerprint density at radius 2 is 1.87 bits per heavy atom. The molecule has 0 bridgehead atoms. The van der Waals surface area contributed by atoms with Crippen molar-refractivity contribution < 1.29 is 18.3 Å². The normalized spacial score (nSPS) is 23.6. The highest BCUT2D eigenvalue weighted by Gasteiger charge is 2.43. The van der Waals surface area contributed by atoms with Gasteiger partial charge in [-0.2, -0.15) is 8.78 Å². The van der Waals surface area contributed by atoms with Gasteiger partial charge < -0.3 is 4.74 Å². The van der Waals surface area contributed by atoms with E-state index in [1.807, 2.05) is 0 Å². The van der Waals surface area contributed by atoms with Crippen LogP contribution in [-0.4, -0.2) is 11.9 Å². The van der Waals surface area contributed by atoms with Gasteiger partial charge in [0.15, 0.2) is 6.10 Å². The zero-order valence-electron chi connectivity index (χ0n) is 7.69. The van der Waals surface area contributed by atoms with Crippen molar-refractivity contribution in [1.82, 2.24) is 0 Å². The molecule has 1 atom stereocenters. The highest BCUT2D eigenvalue weighted by molar-refractivity contribution is 5.83. The van der Waals surface area contributed by atoms with Gasteiger partial charge in [0.05, 0.1) is 0 Å². The summed E-state index contributed by atoms with van der Waals surface area (Å²) >= 11 is 0. The molecule has 0 saturated heterocycles. The fraction of sp³-hybridized carbons (Fsp3) is 0.182. The number of hydrogen-bond acceptors (Lipinski definition) is 2. The molecule has 2 nitrogen and oxygen atoms in total. The number of halogens is 2. The molecule has 1 unspecified atom stereocenters. The molecule has 0 amide bonds. The summed E-state index contributed by atoms with van der Waals surface area (Å²) in [5.41, 5.74) is 0.292. The Hall–Kier alpha value is -1.71. The van der Waals surface area contributed by atoms with Gasteiger partial charge in [-0.1, -0.05) is 30.3 Å². The van der Waals surface area contributed by atoms with E-state index in [9.17, 15) is 13.6 Å². The number of carbonyl (C=O) groups excluding carboxylic acids is 1. The summed E-state index contributed by atoms with van der Waals surface area (Å²) in [5.74, 6) is -3.88. The van der Waals surface area contributed by atoms with Crippen molar-refractivity contribution in [3.8, 4) is 0 Å². The van der Waals surface area contributed by atoms with E-state index in [0.29, 0.717) is 11.6 Å². The Kier molecular flexibility index (Phi) is 2.26. The van der Waals surface area contributed by atoms with Gasteiger partial charge >= 0.3 is 11.9 Å². The van der Waals surface area contributed by atoms with Crippen LogP contribution in [0.3, 0.4) is 0 Å². The van der Waals surface area contributed by atoms with Crippen molar-refractivity contribution in [3.63, 3.8) is 0 Å². The van der Waals surface area contributed by atoms with E-state index in [2.05, 4.69) is 4.74 Å². The second-order valence-corrected chi connectivity index (χ2v) is 3.24. The largest absolute Gasteiger partial charge is 0.447 e. The van der Waals surface area contributed by atoms with Crippen LogP contribution in [0, 0.1) is 0 Å². The number of esters is 1. The summed E-state index contributed by atoms with van der Waals surface area (Å²) in [4.78, 5) is 10.9. The van der Waals surface area contributed by atoms with Crippen LogP contribution in [0.5, 0.6) is 0 Å². The molecule has 1 aliphatic rings. The molecule has 0 N–H and O–H groups in total. The van der Waals surface area contributed by atoms with E-state index in [4.69, 9.17) is 0 Å². The van der Waals surface area contributed by atoms with Crippen molar-refractivity contribution in [2.24, 2.45) is 0 Å². The minimum atomic E-state index is -3.14. The standard InChI is InChI=1S/C11H8F2O2/c12-11(13)7-6-9(14)15-10(11)8-4-2-1-3-5-8/h1-7,10H. The minimum absolute atomic E-state index is 0.292. The molecule has 0 fully saturated rings. The predicted octanol–water partition coefficient (Wildman–Crippen LogP) is 2.48. The highest BCUT2D eigenvalue weighted by atomic mass is 19.3. The van der Waals surface area contributed by atoms with Gasteiger partial charge in [-0.05, 0) is 11.6 Å². The molecule has 0 saturated carbocycles. The molecule has 1 heterocycles. The van der Waals surface area contributed by atoms with Crippen molar-refractivity contribution >= 4 is 5.97 Å². The first-order valence-corrected chi connectivity index (χ1v) is 4.42. The van der Waals surface area contributed by atoms with Crippen molar-refractivity contribution in [2.45, 2.75) is 12.0 Å². The lowest BCUT2D eigenvalue weighted by Gasteiger charge is -2.27. The number of carbonyl (C=O) groups is 1. The molecule has 0 radical (unpaired) electrons. The van der Waals surface area contributed by atoms with Crippen LogP contribution in [0.4, 0.5) is 8.78 Å². The quantitative estimate of drug-likeness (QED) is 0.665. The van der Waals surface area contributed by atoms with E-state index >= 15 is 0 Å². The Morgan fingerprint density at radius 1 is 1.20 bits per heavy atom. The SMILES string of the molecule is O=C1C=CC(F)(F)C(c2ccccc2)O1. The molecule has 0 aromatic heterocycles. The number of cyclic esters (lactones) is 1. The van der Waals surface area contributed by atoms with Crippen LogP contribution < -0.4 is 0 Å². The molecule has 15 heavy (non-hydrogen) atoms. The first-order valence-electron chi connectivity index (χ1n) is 4.42. The third kappa shape index (κ3) is 1.88. The number of hydrogen-bond donors (Lipinski definition) is 0.